The number of aromatic nitrogens is 1. The lowest BCUT2D eigenvalue weighted by Gasteiger charge is -2.33. The van der Waals surface area contributed by atoms with Crippen molar-refractivity contribution in [2.75, 3.05) is 6.61 Å². The molecule has 0 aliphatic heterocycles. The third-order valence-electron chi connectivity index (χ3n) is 3.38. The number of hydrogen-bond acceptors (Lipinski definition) is 6. The third-order valence-corrected chi connectivity index (χ3v) is 6.32. The van der Waals surface area contributed by atoms with Gasteiger partial charge in [-0.15, -0.1) is 11.3 Å². The van der Waals surface area contributed by atoms with E-state index in [0.29, 0.717) is 6.61 Å². The first-order valence-electron chi connectivity index (χ1n) is 8.43. The Morgan fingerprint density at radius 2 is 1.85 bits per heavy atom. The van der Waals surface area contributed by atoms with Gasteiger partial charge in [0.05, 0.1) is 22.6 Å². The van der Waals surface area contributed by atoms with Crippen molar-refractivity contribution >= 4 is 45.7 Å². The molecule has 0 bridgehead atoms. The van der Waals surface area contributed by atoms with E-state index < -0.39 is 16.6 Å². The van der Waals surface area contributed by atoms with Crippen LogP contribution in [0.2, 0.25) is 0 Å². The molecular formula is C19H26INO3S2. The molecule has 1 N–H and O–H groups in total. The van der Waals surface area contributed by atoms with Crippen LogP contribution in [-0.2, 0) is 11.2 Å². The molecule has 2 rings (SSSR count). The molecule has 1 heterocycles. The maximum atomic E-state index is 10.4. The first-order chi connectivity index (χ1) is 12.0. The highest BCUT2D eigenvalue weighted by molar-refractivity contribution is 14.1. The summed E-state index contributed by atoms with van der Waals surface area (Å²) in [6.45, 7) is 10.3. The van der Waals surface area contributed by atoms with Crippen LogP contribution in [0.3, 0.4) is 0 Å². The van der Waals surface area contributed by atoms with Crippen LogP contribution in [0.15, 0.2) is 34.0 Å². The molecule has 0 radical (unpaired) electrons. The van der Waals surface area contributed by atoms with E-state index in [4.69, 9.17) is 9.47 Å². The Morgan fingerprint density at radius 3 is 2.46 bits per heavy atom. The summed E-state index contributed by atoms with van der Waals surface area (Å²) in [7, 11) is 0. The van der Waals surface area contributed by atoms with Crippen molar-refractivity contribution in [2.24, 2.45) is 0 Å². The van der Waals surface area contributed by atoms with Crippen LogP contribution in [0.1, 0.15) is 40.3 Å². The zero-order valence-corrected chi connectivity index (χ0v) is 19.6. The van der Waals surface area contributed by atoms with E-state index in [-0.39, 0.29) is 0 Å². The Kier molecular flexibility index (Phi) is 7.79. The Morgan fingerprint density at radius 1 is 1.19 bits per heavy atom. The van der Waals surface area contributed by atoms with Gasteiger partial charge in [0.25, 0.3) is 0 Å². The summed E-state index contributed by atoms with van der Waals surface area (Å²) in [5.74, 6) is 0.874. The highest BCUT2D eigenvalue weighted by atomic mass is 127. The van der Waals surface area contributed by atoms with E-state index in [1.165, 1.54) is 15.3 Å². The molecule has 1 aromatic heterocycles. The fourth-order valence-corrected chi connectivity index (χ4v) is 4.69. The number of hydrogen-bond donors (Lipinski definition) is 1. The number of thiazole rings is 1. The summed E-state index contributed by atoms with van der Waals surface area (Å²) in [4.78, 5) is 4.65. The topological polar surface area (TPSA) is 51.6 Å². The second-order valence-electron chi connectivity index (χ2n) is 7.45. The third kappa shape index (κ3) is 7.34. The van der Waals surface area contributed by atoms with Gasteiger partial charge in [-0.3, -0.25) is 0 Å². The van der Waals surface area contributed by atoms with Gasteiger partial charge >= 0.3 is 0 Å². The van der Waals surface area contributed by atoms with Crippen molar-refractivity contribution in [2.45, 2.75) is 62.0 Å². The van der Waals surface area contributed by atoms with Crippen molar-refractivity contribution in [1.29, 1.82) is 0 Å². The summed E-state index contributed by atoms with van der Waals surface area (Å²) < 4.78 is 13.1. The zero-order valence-electron chi connectivity index (χ0n) is 15.8. The van der Waals surface area contributed by atoms with E-state index in [9.17, 15) is 5.11 Å². The van der Waals surface area contributed by atoms with Crippen molar-refractivity contribution in [1.82, 2.24) is 4.98 Å². The second-order valence-corrected chi connectivity index (χ2v) is 11.5. The maximum absolute atomic E-state index is 10.4. The Hall–Kier alpha value is -0.350. The molecule has 1 unspecified atom stereocenters. The predicted octanol–water partition coefficient (Wildman–Crippen LogP) is 5.37. The minimum Gasteiger partial charge on any atom is -0.493 e. The number of rotatable bonds is 8. The van der Waals surface area contributed by atoms with Gasteiger partial charge in [0.15, 0.2) is 10.6 Å². The first kappa shape index (κ1) is 21.9. The molecule has 1 atom stereocenters. The van der Waals surface area contributed by atoms with Gasteiger partial charge in [0.2, 0.25) is 0 Å². The quantitative estimate of drug-likeness (QED) is 0.296. The normalized spacial score (nSPS) is 13.7. The molecule has 0 saturated carbocycles. The van der Waals surface area contributed by atoms with E-state index in [1.807, 2.05) is 64.3 Å². The molecule has 7 heteroatoms. The summed E-state index contributed by atoms with van der Waals surface area (Å²) in [6, 6.07) is 8.01. The Balaban J connectivity index is 1.85. The average Bonchev–Trinajstić information content (AvgIpc) is 2.94. The van der Waals surface area contributed by atoms with Gasteiger partial charge in [-0.05, 0) is 81.5 Å². The summed E-state index contributed by atoms with van der Waals surface area (Å²) >= 11 is 5.40. The first-order valence-corrected chi connectivity index (χ1v) is 11.2. The number of nitrogens with zero attached hydrogens (tertiary/aromatic N) is 1. The molecule has 144 valence electrons. The fourth-order valence-electron chi connectivity index (χ4n) is 2.01. The molecule has 1 aromatic carbocycles. The number of thioether (sulfide) groups is 1. The van der Waals surface area contributed by atoms with Gasteiger partial charge in [0, 0.05) is 15.4 Å². The van der Waals surface area contributed by atoms with Gasteiger partial charge < -0.3 is 14.6 Å². The van der Waals surface area contributed by atoms with Crippen LogP contribution in [0.5, 0.6) is 5.75 Å². The van der Waals surface area contributed by atoms with E-state index in [1.54, 1.807) is 11.3 Å². The fraction of sp³-hybridized carbons (Fsp3) is 0.526. The molecular weight excluding hydrogens is 481 g/mol. The predicted molar refractivity (Wildman–Crippen MR) is 117 cm³/mol. The summed E-state index contributed by atoms with van der Waals surface area (Å²) in [5, 5.41) is 12.4. The van der Waals surface area contributed by atoms with Gasteiger partial charge in [-0.25, -0.2) is 4.98 Å². The van der Waals surface area contributed by atoms with Crippen LogP contribution in [0, 0.1) is 3.57 Å². The monoisotopic (exact) mass is 507 g/mol. The summed E-state index contributed by atoms with van der Waals surface area (Å²) in [6.07, 6.45) is -0.117. The highest BCUT2D eigenvalue weighted by Gasteiger charge is 2.34. The average molecular weight is 507 g/mol. The van der Waals surface area contributed by atoms with Crippen molar-refractivity contribution in [3.8, 4) is 5.75 Å². The zero-order chi connectivity index (χ0) is 19.4. The minimum absolute atomic E-state index is 0.391. The minimum atomic E-state index is -0.871. The van der Waals surface area contributed by atoms with Crippen LogP contribution < -0.4 is 4.74 Å². The SMILES string of the molecule is CC(C)(C)OC(O)C(C)(C)Sc1nc(CCOc2ccc(I)cc2)cs1. The molecule has 0 amide bonds. The molecule has 0 aliphatic rings. The lowest BCUT2D eigenvalue weighted by atomic mass is 10.1. The molecule has 26 heavy (non-hydrogen) atoms. The standard InChI is InChI=1S/C19H26INO3S2/c1-18(2,3)24-16(22)19(4,5)26-17-21-14(12-25-17)10-11-23-15-8-6-13(20)7-9-15/h6-9,12,16,22H,10-11H2,1-5H3. The van der Waals surface area contributed by atoms with Gasteiger partial charge in [0.1, 0.15) is 5.75 Å². The number of benzene rings is 1. The lowest BCUT2D eigenvalue weighted by Crippen LogP contribution is -2.40. The number of halogens is 1. The van der Waals surface area contributed by atoms with Crippen molar-refractivity contribution in [3.63, 3.8) is 0 Å². The Bertz CT molecular complexity index is 696. The van der Waals surface area contributed by atoms with Crippen molar-refractivity contribution < 1.29 is 14.6 Å². The van der Waals surface area contributed by atoms with E-state index in [2.05, 4.69) is 27.6 Å². The molecule has 0 aliphatic carbocycles. The van der Waals surface area contributed by atoms with E-state index in [0.717, 1.165) is 22.2 Å². The smallest absolute Gasteiger partial charge is 0.169 e. The van der Waals surface area contributed by atoms with Crippen LogP contribution in [0.25, 0.3) is 0 Å². The molecule has 0 fully saturated rings. The van der Waals surface area contributed by atoms with Crippen LogP contribution >= 0.6 is 45.7 Å². The molecule has 2 aromatic rings. The largest absolute Gasteiger partial charge is 0.493 e. The molecule has 0 saturated heterocycles. The van der Waals surface area contributed by atoms with Crippen LogP contribution in [0.4, 0.5) is 0 Å². The van der Waals surface area contributed by atoms with Gasteiger partial charge in [-0.1, -0.05) is 11.8 Å². The number of aliphatic hydroxyl groups excluding tert-OH is 1. The van der Waals surface area contributed by atoms with Crippen molar-refractivity contribution in [3.05, 3.63) is 38.9 Å². The van der Waals surface area contributed by atoms with Gasteiger partial charge in [-0.2, -0.15) is 0 Å². The maximum Gasteiger partial charge on any atom is 0.169 e. The van der Waals surface area contributed by atoms with E-state index >= 15 is 0 Å². The lowest BCUT2D eigenvalue weighted by molar-refractivity contribution is -0.177. The number of aliphatic hydroxyl groups is 1. The van der Waals surface area contributed by atoms with Crippen LogP contribution in [-0.4, -0.2) is 33.3 Å². The highest BCUT2D eigenvalue weighted by Crippen LogP contribution is 2.38. The Labute approximate surface area is 177 Å². The second kappa shape index (κ2) is 9.23. The molecule has 4 nitrogen and oxygen atoms in total. The summed E-state index contributed by atoms with van der Waals surface area (Å²) in [5.41, 5.74) is 0.614. The number of ether oxygens (including phenoxy) is 2. The molecule has 0 spiro atoms.